The summed E-state index contributed by atoms with van der Waals surface area (Å²) in [6.45, 7) is 1.88. The van der Waals surface area contributed by atoms with Crippen molar-refractivity contribution < 1.29 is 33.6 Å². The summed E-state index contributed by atoms with van der Waals surface area (Å²) >= 11 is 0. The third-order valence-electron chi connectivity index (χ3n) is 11.9. The first kappa shape index (κ1) is 46.3. The molecule has 6 atom stereocenters. The van der Waals surface area contributed by atoms with Crippen LogP contribution in [0.1, 0.15) is 95.1 Å². The molecule has 3 fully saturated rings. The van der Waals surface area contributed by atoms with Crippen LogP contribution < -0.4 is 38.1 Å². The number of hydrogen-bond acceptors (Lipinski definition) is 8. The molecule has 2 saturated heterocycles. The average molecular weight is 842 g/mol. The Labute approximate surface area is 358 Å². The number of Topliss-reactive ketones (excluding diaryl/α,β-unsaturated/α-hetero) is 1. The number of nitrogens with two attached hydrogens (primary N) is 2. The number of hydrogen-bond donors (Lipinski definition) is 7. The van der Waals surface area contributed by atoms with E-state index < -0.39 is 71.6 Å². The molecule has 0 aromatic heterocycles. The highest BCUT2D eigenvalue weighted by atomic mass is 16.2. The lowest BCUT2D eigenvalue weighted by Crippen LogP contribution is -2.60. The van der Waals surface area contributed by atoms with Crippen molar-refractivity contribution in [1.82, 2.24) is 31.5 Å². The fraction of sp³-hybridized carbons (Fsp3) is 0.556. The van der Waals surface area contributed by atoms with Crippen LogP contribution in [0.2, 0.25) is 0 Å². The van der Waals surface area contributed by atoms with Crippen molar-refractivity contribution in [2.45, 2.75) is 127 Å². The van der Waals surface area contributed by atoms with E-state index in [-0.39, 0.29) is 69.4 Å². The van der Waals surface area contributed by atoms with Crippen LogP contribution in [0.25, 0.3) is 0 Å². The van der Waals surface area contributed by atoms with Crippen LogP contribution in [0, 0.1) is 11.8 Å². The first-order valence-corrected chi connectivity index (χ1v) is 21.8. The second-order valence-electron chi connectivity index (χ2n) is 16.6. The molecule has 2 heterocycles. The minimum atomic E-state index is -1.12. The quantitative estimate of drug-likeness (QED) is 0.0668. The highest BCUT2D eigenvalue weighted by molar-refractivity contribution is 6.02. The van der Waals surface area contributed by atoms with Gasteiger partial charge in [0.15, 0.2) is 5.96 Å². The molecule has 5 rings (SSSR count). The van der Waals surface area contributed by atoms with Gasteiger partial charge in [-0.3, -0.25) is 38.6 Å². The molecule has 0 bridgehead atoms. The lowest BCUT2D eigenvalue weighted by atomic mass is 9.84. The van der Waals surface area contributed by atoms with Crippen molar-refractivity contribution in [2.24, 2.45) is 28.3 Å². The van der Waals surface area contributed by atoms with E-state index >= 15 is 0 Å². The maximum absolute atomic E-state index is 14.5. The molecule has 0 unspecified atom stereocenters. The minimum Gasteiger partial charge on any atom is -0.370 e. The SMILES string of the molecule is CC(=O)[C@H](Cc1ccccc1)C(=O)N[C@H]1CCCNC(=O)[C@H](CCCN=C(N)N)NC(=O)[C@H](Cc2ccccc2)NC(=O)[C@H](CC2CCCCC2)NC(=O)[C@@H]2CCCN2C1=O. The number of rotatable bonds is 13. The van der Waals surface area contributed by atoms with E-state index in [1.165, 1.54) is 11.8 Å². The molecule has 61 heavy (non-hydrogen) atoms. The summed E-state index contributed by atoms with van der Waals surface area (Å²) in [4.78, 5) is 103. The van der Waals surface area contributed by atoms with E-state index in [0.717, 1.165) is 43.2 Å². The smallest absolute Gasteiger partial charge is 0.245 e. The van der Waals surface area contributed by atoms with Crippen molar-refractivity contribution in [3.63, 3.8) is 0 Å². The monoisotopic (exact) mass is 841 g/mol. The largest absolute Gasteiger partial charge is 0.370 e. The first-order valence-electron chi connectivity index (χ1n) is 21.8. The van der Waals surface area contributed by atoms with Gasteiger partial charge in [-0.2, -0.15) is 0 Å². The molecule has 1 aliphatic carbocycles. The molecule has 2 aromatic rings. The van der Waals surface area contributed by atoms with Crippen LogP contribution in [0.15, 0.2) is 65.7 Å². The summed E-state index contributed by atoms with van der Waals surface area (Å²) in [6, 6.07) is 13.1. The van der Waals surface area contributed by atoms with Crippen molar-refractivity contribution in [3.05, 3.63) is 71.8 Å². The van der Waals surface area contributed by atoms with Crippen LogP contribution in [0.4, 0.5) is 0 Å². The van der Waals surface area contributed by atoms with Gasteiger partial charge < -0.3 is 43.0 Å². The zero-order valence-electron chi connectivity index (χ0n) is 35.2. The van der Waals surface area contributed by atoms with Crippen molar-refractivity contribution in [2.75, 3.05) is 19.6 Å². The number of carbonyl (C=O) groups excluding carboxylic acids is 7. The lowest BCUT2D eigenvalue weighted by Gasteiger charge is -2.32. The Morgan fingerprint density at radius 1 is 0.754 bits per heavy atom. The van der Waals surface area contributed by atoms with E-state index in [1.807, 2.05) is 60.7 Å². The molecule has 0 radical (unpaired) electrons. The summed E-state index contributed by atoms with van der Waals surface area (Å²) in [5, 5.41) is 14.5. The van der Waals surface area contributed by atoms with E-state index in [9.17, 15) is 33.6 Å². The maximum atomic E-state index is 14.5. The van der Waals surface area contributed by atoms with Gasteiger partial charge in [0.2, 0.25) is 35.4 Å². The van der Waals surface area contributed by atoms with Crippen LogP contribution in [0.5, 0.6) is 0 Å². The summed E-state index contributed by atoms with van der Waals surface area (Å²) in [7, 11) is 0. The van der Waals surface area contributed by atoms with Gasteiger partial charge in [0, 0.05) is 26.1 Å². The molecular weight excluding hydrogens is 779 g/mol. The van der Waals surface area contributed by atoms with Gasteiger partial charge in [0.1, 0.15) is 41.9 Å². The van der Waals surface area contributed by atoms with Crippen LogP contribution >= 0.6 is 0 Å². The standard InChI is InChI=1S/C45H63N9O7/c1-29(55)33(26-30-14-5-2-6-15-30)39(56)51-35-21-12-23-48-40(57)34(20-11-24-49-45(46)47)50-41(58)36(27-31-16-7-3-8-17-31)52-42(59)37(28-32-18-9-4-10-19-32)53-43(60)38-22-13-25-54(38)44(35)61/h2-3,5-8,14-17,32-38H,4,9-13,18-28H2,1H3,(H,48,57)(H,50,58)(H,51,56)(H,52,59)(H,53,60)(H4,46,47,49)/t33-,34-,35-,36-,37-,38-/m0/s1. The highest BCUT2D eigenvalue weighted by Crippen LogP contribution is 2.28. The van der Waals surface area contributed by atoms with Gasteiger partial charge in [-0.15, -0.1) is 0 Å². The molecule has 1 saturated carbocycles. The summed E-state index contributed by atoms with van der Waals surface area (Å²) in [6.07, 6.45) is 7.21. The number of nitrogens with one attached hydrogen (secondary N) is 5. The van der Waals surface area contributed by atoms with Crippen molar-refractivity contribution in [1.29, 1.82) is 0 Å². The zero-order valence-corrected chi connectivity index (χ0v) is 35.2. The van der Waals surface area contributed by atoms with E-state index in [0.29, 0.717) is 25.7 Å². The molecule has 0 spiro atoms. The predicted molar refractivity (Wildman–Crippen MR) is 230 cm³/mol. The van der Waals surface area contributed by atoms with E-state index in [1.54, 1.807) is 0 Å². The molecule has 9 N–H and O–H groups in total. The average Bonchev–Trinajstić information content (AvgIpc) is 3.75. The van der Waals surface area contributed by atoms with Gasteiger partial charge in [0.05, 0.1) is 0 Å². The number of benzene rings is 2. The molecule has 16 nitrogen and oxygen atoms in total. The maximum Gasteiger partial charge on any atom is 0.245 e. The van der Waals surface area contributed by atoms with Crippen molar-refractivity contribution in [3.8, 4) is 0 Å². The Hall–Kier alpha value is -5.80. The van der Waals surface area contributed by atoms with Crippen molar-refractivity contribution >= 4 is 47.2 Å². The van der Waals surface area contributed by atoms with Gasteiger partial charge >= 0.3 is 0 Å². The Kier molecular flexibility index (Phi) is 17.6. The lowest BCUT2D eigenvalue weighted by molar-refractivity contribution is -0.143. The summed E-state index contributed by atoms with van der Waals surface area (Å²) in [5.74, 6) is -4.56. The molecule has 2 aliphatic heterocycles. The predicted octanol–water partition coefficient (Wildman–Crippen LogP) is 1.54. The summed E-state index contributed by atoms with van der Waals surface area (Å²) < 4.78 is 0. The Morgan fingerprint density at radius 3 is 2.07 bits per heavy atom. The molecule has 330 valence electrons. The van der Waals surface area contributed by atoms with E-state index in [4.69, 9.17) is 11.5 Å². The molecule has 6 amide bonds. The third-order valence-corrected chi connectivity index (χ3v) is 11.9. The van der Waals surface area contributed by atoms with Gasteiger partial charge in [-0.1, -0.05) is 92.8 Å². The van der Waals surface area contributed by atoms with Gasteiger partial charge in [-0.05, 0) is 75.3 Å². The molecular formula is C45H63N9O7. The zero-order chi connectivity index (χ0) is 43.7. The third kappa shape index (κ3) is 14.1. The number of aliphatic imine (C=N–C) groups is 1. The van der Waals surface area contributed by atoms with Crippen LogP contribution in [-0.2, 0) is 46.4 Å². The number of fused-ring (bicyclic) bond motifs is 1. The van der Waals surface area contributed by atoms with Gasteiger partial charge in [0.25, 0.3) is 0 Å². The number of nitrogens with zero attached hydrogens (tertiary/aromatic N) is 2. The first-order chi connectivity index (χ1) is 29.4. The van der Waals surface area contributed by atoms with Crippen LogP contribution in [-0.4, -0.2) is 102 Å². The van der Waals surface area contributed by atoms with Crippen LogP contribution in [0.3, 0.4) is 0 Å². The highest BCUT2D eigenvalue weighted by Gasteiger charge is 2.40. The second-order valence-corrected chi connectivity index (χ2v) is 16.6. The second kappa shape index (κ2) is 23.3. The number of amides is 6. The Bertz CT molecular complexity index is 1850. The number of ketones is 1. The Balaban J connectivity index is 1.45. The summed E-state index contributed by atoms with van der Waals surface area (Å²) in [5.41, 5.74) is 12.6. The van der Waals surface area contributed by atoms with E-state index in [2.05, 4.69) is 31.6 Å². The Morgan fingerprint density at radius 2 is 1.39 bits per heavy atom. The molecule has 16 heteroatoms. The fourth-order valence-corrected chi connectivity index (χ4v) is 8.58. The minimum absolute atomic E-state index is 0.0792. The number of guanidine groups is 1. The molecule has 2 aromatic carbocycles. The normalized spacial score (nSPS) is 24.1. The van der Waals surface area contributed by atoms with Gasteiger partial charge in [-0.25, -0.2) is 0 Å². The number of carbonyl (C=O) groups is 7. The topological polar surface area (TPSA) is 247 Å². The fourth-order valence-electron chi connectivity index (χ4n) is 8.58. The molecule has 3 aliphatic rings.